The van der Waals surface area contributed by atoms with Gasteiger partial charge in [0.1, 0.15) is 0 Å². The molecule has 1 unspecified atom stereocenters. The minimum atomic E-state index is 0.484. The molecule has 1 atom stereocenters. The van der Waals surface area contributed by atoms with Gasteiger partial charge in [-0.1, -0.05) is 104 Å². The van der Waals surface area contributed by atoms with Gasteiger partial charge in [0.25, 0.3) is 0 Å². The Morgan fingerprint density at radius 2 is 1.30 bits per heavy atom. The number of benzene rings is 3. The lowest BCUT2D eigenvalue weighted by Crippen LogP contribution is -2.06. The molecule has 0 amide bonds. The normalized spacial score (nSPS) is 16.0. The third kappa shape index (κ3) is 3.90. The molecule has 0 saturated heterocycles. The molecule has 27 heavy (non-hydrogen) atoms. The quantitative estimate of drug-likeness (QED) is 0.445. The van der Waals surface area contributed by atoms with Crippen LogP contribution >= 0.6 is 0 Å². The minimum absolute atomic E-state index is 0.484. The number of rotatable bonds is 6. The van der Waals surface area contributed by atoms with Crippen molar-refractivity contribution in [2.45, 2.75) is 39.0 Å². The average Bonchev–Trinajstić information content (AvgIpc) is 2.96. The Bertz CT molecular complexity index is 917. The highest BCUT2D eigenvalue weighted by atomic mass is 14.3. The summed E-state index contributed by atoms with van der Waals surface area (Å²) in [7, 11) is 0. The zero-order valence-corrected chi connectivity index (χ0v) is 16.4. The number of hydrogen-bond donors (Lipinski definition) is 0. The van der Waals surface area contributed by atoms with Gasteiger partial charge in [0, 0.05) is 5.92 Å². The summed E-state index contributed by atoms with van der Waals surface area (Å²) >= 11 is 0. The molecule has 0 radical (unpaired) electrons. The van der Waals surface area contributed by atoms with Crippen LogP contribution in [0.15, 0.2) is 90.5 Å². The van der Waals surface area contributed by atoms with Gasteiger partial charge in [-0.15, -0.1) is 0 Å². The average molecular weight is 353 g/mol. The van der Waals surface area contributed by atoms with E-state index < -0.39 is 0 Å². The molecule has 0 N–H and O–H groups in total. The summed E-state index contributed by atoms with van der Waals surface area (Å²) in [5.74, 6) is 1.15. The molecule has 0 saturated carbocycles. The van der Waals surface area contributed by atoms with Crippen molar-refractivity contribution in [2.75, 3.05) is 0 Å². The van der Waals surface area contributed by atoms with Crippen molar-refractivity contribution in [3.63, 3.8) is 0 Å². The Kier molecular flexibility index (Phi) is 5.25. The zero-order valence-electron chi connectivity index (χ0n) is 16.4. The van der Waals surface area contributed by atoms with Crippen molar-refractivity contribution in [3.8, 4) is 0 Å². The maximum absolute atomic E-state index is 2.35. The molecule has 0 spiro atoms. The van der Waals surface area contributed by atoms with E-state index in [4.69, 9.17) is 0 Å². The molecule has 1 aliphatic carbocycles. The van der Waals surface area contributed by atoms with E-state index in [1.54, 1.807) is 11.1 Å². The molecule has 0 fully saturated rings. The van der Waals surface area contributed by atoms with Gasteiger partial charge in [0.05, 0.1) is 0 Å². The molecule has 0 aliphatic heterocycles. The third-order valence-electron chi connectivity index (χ3n) is 5.60. The first-order chi connectivity index (χ1) is 13.2. The largest absolute Gasteiger partial charge is 0.0625 e. The molecule has 0 heterocycles. The topological polar surface area (TPSA) is 0 Å². The van der Waals surface area contributed by atoms with Crippen LogP contribution in [-0.4, -0.2) is 0 Å². The van der Waals surface area contributed by atoms with E-state index in [1.807, 2.05) is 0 Å². The molecular weight excluding hydrogens is 324 g/mol. The first-order valence-electron chi connectivity index (χ1n) is 10.1. The van der Waals surface area contributed by atoms with Gasteiger partial charge in [-0.25, -0.2) is 0 Å². The highest BCUT2D eigenvalue weighted by Gasteiger charge is 2.31. The third-order valence-corrected chi connectivity index (χ3v) is 5.60. The lowest BCUT2D eigenvalue weighted by atomic mass is 9.85. The second-order valence-electron chi connectivity index (χ2n) is 8.09. The molecule has 1 aliphatic rings. The summed E-state index contributed by atoms with van der Waals surface area (Å²) in [6.45, 7) is 4.67. The molecule has 136 valence electrons. The van der Waals surface area contributed by atoms with Crippen molar-refractivity contribution in [1.29, 1.82) is 0 Å². The van der Waals surface area contributed by atoms with Gasteiger partial charge in [-0.3, -0.25) is 0 Å². The highest BCUT2D eigenvalue weighted by Crippen LogP contribution is 2.47. The molecule has 3 aromatic rings. The van der Waals surface area contributed by atoms with Crippen LogP contribution < -0.4 is 0 Å². The van der Waals surface area contributed by atoms with E-state index in [0.29, 0.717) is 11.8 Å². The van der Waals surface area contributed by atoms with Crippen LogP contribution in [0.5, 0.6) is 0 Å². The van der Waals surface area contributed by atoms with Gasteiger partial charge < -0.3 is 0 Å². The summed E-state index contributed by atoms with van der Waals surface area (Å²) in [5, 5.41) is 0. The molecular formula is C27H28. The molecule has 0 aromatic heterocycles. The second kappa shape index (κ2) is 7.96. The summed E-state index contributed by atoms with van der Waals surface area (Å²) in [5.41, 5.74) is 9.06. The predicted molar refractivity (Wildman–Crippen MR) is 116 cm³/mol. The standard InChI is InChI=1S/C27H28/c1-20(2)17-25-23-15-9-10-16-24(23)26(18-21-11-5-3-6-12-21)27(25)19-22-13-7-4-8-14-22/h3-16,20,26H,17-19H2,1-2H3. The molecule has 0 nitrogen and oxygen atoms in total. The Labute approximate surface area is 163 Å². The van der Waals surface area contributed by atoms with Crippen LogP contribution in [0.2, 0.25) is 0 Å². The van der Waals surface area contributed by atoms with Crippen molar-refractivity contribution < 1.29 is 0 Å². The second-order valence-corrected chi connectivity index (χ2v) is 8.09. The lowest BCUT2D eigenvalue weighted by Gasteiger charge is -2.18. The summed E-state index contributed by atoms with van der Waals surface area (Å²) in [6.07, 6.45) is 3.29. The first-order valence-corrected chi connectivity index (χ1v) is 10.1. The maximum Gasteiger partial charge on any atom is 0.0104 e. The molecule has 0 heteroatoms. The van der Waals surface area contributed by atoms with Crippen molar-refractivity contribution in [2.24, 2.45) is 5.92 Å². The fourth-order valence-corrected chi connectivity index (χ4v) is 4.42. The Balaban J connectivity index is 1.78. The van der Waals surface area contributed by atoms with Gasteiger partial charge in [0.15, 0.2) is 0 Å². The summed E-state index contributed by atoms with van der Waals surface area (Å²) in [6, 6.07) is 31.0. The minimum Gasteiger partial charge on any atom is -0.0625 e. The molecule has 4 rings (SSSR count). The van der Waals surface area contributed by atoms with Crippen LogP contribution in [0.1, 0.15) is 48.4 Å². The van der Waals surface area contributed by atoms with Gasteiger partial charge in [0.2, 0.25) is 0 Å². The van der Waals surface area contributed by atoms with E-state index in [2.05, 4.69) is 98.8 Å². The summed E-state index contributed by atoms with van der Waals surface area (Å²) < 4.78 is 0. The lowest BCUT2D eigenvalue weighted by molar-refractivity contribution is 0.669. The van der Waals surface area contributed by atoms with E-state index in [-0.39, 0.29) is 0 Å². The number of fused-ring (bicyclic) bond motifs is 1. The predicted octanol–water partition coefficient (Wildman–Crippen LogP) is 7.07. The fourth-order valence-electron chi connectivity index (χ4n) is 4.42. The van der Waals surface area contributed by atoms with Gasteiger partial charge >= 0.3 is 0 Å². The van der Waals surface area contributed by atoms with E-state index in [0.717, 1.165) is 19.3 Å². The fraction of sp³-hybridized carbons (Fsp3) is 0.259. The van der Waals surface area contributed by atoms with Gasteiger partial charge in [-0.2, -0.15) is 0 Å². The van der Waals surface area contributed by atoms with Gasteiger partial charge in [-0.05, 0) is 53.0 Å². The van der Waals surface area contributed by atoms with E-state index >= 15 is 0 Å². The Morgan fingerprint density at radius 1 is 0.704 bits per heavy atom. The highest BCUT2D eigenvalue weighted by molar-refractivity contribution is 5.79. The maximum atomic E-state index is 2.35. The number of allylic oxidation sites excluding steroid dienone is 2. The van der Waals surface area contributed by atoms with Crippen LogP contribution in [0.4, 0.5) is 0 Å². The smallest absolute Gasteiger partial charge is 0.0104 e. The first kappa shape index (κ1) is 17.8. The van der Waals surface area contributed by atoms with Crippen molar-refractivity contribution >= 4 is 5.57 Å². The molecule has 0 bridgehead atoms. The monoisotopic (exact) mass is 352 g/mol. The SMILES string of the molecule is CC(C)CC1=C(Cc2ccccc2)C(Cc2ccccc2)c2ccccc21. The zero-order chi connectivity index (χ0) is 18.6. The van der Waals surface area contributed by atoms with E-state index in [1.165, 1.54) is 22.3 Å². The van der Waals surface area contributed by atoms with Crippen LogP contribution in [0.3, 0.4) is 0 Å². The van der Waals surface area contributed by atoms with Crippen molar-refractivity contribution in [1.82, 2.24) is 0 Å². The van der Waals surface area contributed by atoms with Crippen LogP contribution in [0.25, 0.3) is 5.57 Å². The van der Waals surface area contributed by atoms with Crippen LogP contribution in [-0.2, 0) is 12.8 Å². The Hall–Kier alpha value is -2.60. The van der Waals surface area contributed by atoms with Crippen LogP contribution in [0, 0.1) is 5.92 Å². The summed E-state index contributed by atoms with van der Waals surface area (Å²) in [4.78, 5) is 0. The van der Waals surface area contributed by atoms with E-state index in [9.17, 15) is 0 Å². The number of hydrogen-bond acceptors (Lipinski definition) is 0. The van der Waals surface area contributed by atoms with Crippen molar-refractivity contribution in [3.05, 3.63) is 113 Å². The Morgan fingerprint density at radius 3 is 1.96 bits per heavy atom. The molecule has 3 aromatic carbocycles.